The second-order valence-electron chi connectivity index (χ2n) is 7.82. The molecule has 6 heteroatoms. The zero-order valence-corrected chi connectivity index (χ0v) is 15.2. The summed E-state index contributed by atoms with van der Waals surface area (Å²) in [5, 5.41) is 3.05. The maximum atomic E-state index is 13.0. The van der Waals surface area contributed by atoms with Gasteiger partial charge in [0.15, 0.2) is 0 Å². The van der Waals surface area contributed by atoms with Gasteiger partial charge in [0, 0.05) is 38.1 Å². The molecule has 0 bridgehead atoms. The third kappa shape index (κ3) is 3.75. The van der Waals surface area contributed by atoms with Crippen molar-refractivity contribution < 1.29 is 14.0 Å². The van der Waals surface area contributed by atoms with Crippen LogP contribution in [0.5, 0.6) is 0 Å². The van der Waals surface area contributed by atoms with Gasteiger partial charge in [0.1, 0.15) is 5.82 Å². The Hall–Kier alpha value is -1.95. The third-order valence-corrected chi connectivity index (χ3v) is 5.88. The molecule has 0 aromatic heterocycles. The number of rotatable bonds is 5. The van der Waals surface area contributed by atoms with Crippen LogP contribution in [0.1, 0.15) is 37.7 Å². The Kier molecular flexibility index (Phi) is 4.69. The van der Waals surface area contributed by atoms with Crippen molar-refractivity contribution >= 4 is 11.8 Å². The van der Waals surface area contributed by atoms with Crippen molar-refractivity contribution in [2.45, 2.75) is 44.2 Å². The van der Waals surface area contributed by atoms with E-state index in [1.165, 1.54) is 12.1 Å². The fraction of sp³-hybridized carbons (Fsp3) is 0.600. The molecule has 1 saturated heterocycles. The van der Waals surface area contributed by atoms with Crippen molar-refractivity contribution in [1.82, 2.24) is 15.1 Å². The minimum atomic E-state index is -0.242. The molecule has 2 saturated carbocycles. The zero-order valence-electron chi connectivity index (χ0n) is 15.2. The van der Waals surface area contributed by atoms with Crippen LogP contribution in [0.3, 0.4) is 0 Å². The third-order valence-electron chi connectivity index (χ3n) is 5.88. The topological polar surface area (TPSA) is 52.7 Å². The molecule has 1 aromatic carbocycles. The number of carbonyl (C=O) groups excluding carboxylic acids is 2. The van der Waals surface area contributed by atoms with Gasteiger partial charge in [-0.05, 0) is 49.8 Å². The highest BCUT2D eigenvalue weighted by molar-refractivity contribution is 5.83. The highest BCUT2D eigenvalue weighted by atomic mass is 19.1. The molecule has 3 fully saturated rings. The van der Waals surface area contributed by atoms with E-state index in [9.17, 15) is 14.0 Å². The molecule has 3 atom stereocenters. The van der Waals surface area contributed by atoms with E-state index < -0.39 is 0 Å². The van der Waals surface area contributed by atoms with Crippen LogP contribution in [0.2, 0.25) is 0 Å². The van der Waals surface area contributed by atoms with Gasteiger partial charge in [-0.2, -0.15) is 0 Å². The van der Waals surface area contributed by atoms with E-state index in [4.69, 9.17) is 0 Å². The van der Waals surface area contributed by atoms with Gasteiger partial charge in [0.05, 0.1) is 6.04 Å². The minimum Gasteiger partial charge on any atom is -0.352 e. The van der Waals surface area contributed by atoms with Crippen LogP contribution in [0, 0.1) is 11.7 Å². The lowest BCUT2D eigenvalue weighted by Gasteiger charge is -2.37. The Morgan fingerprint density at radius 3 is 2.38 bits per heavy atom. The standard InChI is InChI=1S/C20H26FN3O2/c1-13(19(25)22-16-6-7-16)23-8-10-24(11-9-23)20(26)18-12-17(18)14-2-4-15(21)5-3-14/h2-5,13,16-18H,6-12H2,1H3,(H,22,25). The van der Waals surface area contributed by atoms with Crippen molar-refractivity contribution in [2.75, 3.05) is 26.2 Å². The molecule has 3 aliphatic rings. The summed E-state index contributed by atoms with van der Waals surface area (Å²) in [6, 6.07) is 6.73. The summed E-state index contributed by atoms with van der Waals surface area (Å²) >= 11 is 0. The maximum absolute atomic E-state index is 13.0. The number of hydrogen-bond acceptors (Lipinski definition) is 3. The molecule has 2 amide bonds. The molecule has 1 N–H and O–H groups in total. The lowest BCUT2D eigenvalue weighted by molar-refractivity contribution is -0.135. The molecule has 1 heterocycles. The van der Waals surface area contributed by atoms with Crippen LogP contribution in [0.25, 0.3) is 0 Å². The second-order valence-corrected chi connectivity index (χ2v) is 7.82. The first-order valence-electron chi connectivity index (χ1n) is 9.61. The van der Waals surface area contributed by atoms with Gasteiger partial charge in [-0.15, -0.1) is 0 Å². The highest BCUT2D eigenvalue weighted by Crippen LogP contribution is 2.48. The summed E-state index contributed by atoms with van der Waals surface area (Å²) in [6.45, 7) is 4.76. The predicted octanol–water partition coefficient (Wildman–Crippen LogP) is 1.74. The number of halogens is 1. The number of hydrogen-bond donors (Lipinski definition) is 1. The second kappa shape index (κ2) is 6.99. The summed E-state index contributed by atoms with van der Waals surface area (Å²) in [5.74, 6) is 0.320. The van der Waals surface area contributed by atoms with Crippen LogP contribution < -0.4 is 5.32 Å². The van der Waals surface area contributed by atoms with Crippen LogP contribution >= 0.6 is 0 Å². The number of carbonyl (C=O) groups is 2. The fourth-order valence-electron chi connectivity index (χ4n) is 3.83. The fourth-order valence-corrected chi connectivity index (χ4v) is 3.83. The Labute approximate surface area is 153 Å². The van der Waals surface area contributed by atoms with Crippen LogP contribution in [-0.2, 0) is 9.59 Å². The van der Waals surface area contributed by atoms with Gasteiger partial charge in [-0.25, -0.2) is 4.39 Å². The van der Waals surface area contributed by atoms with Crippen LogP contribution in [-0.4, -0.2) is 59.9 Å². The number of nitrogens with zero attached hydrogens (tertiary/aromatic N) is 2. The molecule has 4 rings (SSSR count). The molecule has 3 unspecified atom stereocenters. The van der Waals surface area contributed by atoms with Crippen molar-refractivity contribution in [3.63, 3.8) is 0 Å². The van der Waals surface area contributed by atoms with E-state index >= 15 is 0 Å². The van der Waals surface area contributed by atoms with Gasteiger partial charge in [-0.1, -0.05) is 12.1 Å². The average Bonchev–Trinajstić information content (AvgIpc) is 3.56. The molecule has 5 nitrogen and oxygen atoms in total. The maximum Gasteiger partial charge on any atom is 0.237 e. The number of amides is 2. The smallest absolute Gasteiger partial charge is 0.237 e. The van der Waals surface area contributed by atoms with E-state index in [2.05, 4.69) is 10.2 Å². The summed E-state index contributed by atoms with van der Waals surface area (Å²) in [4.78, 5) is 29.0. The molecule has 26 heavy (non-hydrogen) atoms. The molecule has 0 spiro atoms. The first-order chi connectivity index (χ1) is 12.5. The van der Waals surface area contributed by atoms with Gasteiger partial charge < -0.3 is 10.2 Å². The largest absolute Gasteiger partial charge is 0.352 e. The number of benzene rings is 1. The summed E-state index contributed by atoms with van der Waals surface area (Å²) in [7, 11) is 0. The van der Waals surface area contributed by atoms with E-state index in [1.54, 1.807) is 12.1 Å². The van der Waals surface area contributed by atoms with Gasteiger partial charge >= 0.3 is 0 Å². The van der Waals surface area contributed by atoms with Crippen molar-refractivity contribution in [3.8, 4) is 0 Å². The first-order valence-corrected chi connectivity index (χ1v) is 9.61. The highest BCUT2D eigenvalue weighted by Gasteiger charge is 2.46. The van der Waals surface area contributed by atoms with Crippen molar-refractivity contribution in [3.05, 3.63) is 35.6 Å². The van der Waals surface area contributed by atoms with Crippen LogP contribution in [0.15, 0.2) is 24.3 Å². The minimum absolute atomic E-state index is 0.0302. The Morgan fingerprint density at radius 2 is 1.77 bits per heavy atom. The molecule has 2 aliphatic carbocycles. The molecular weight excluding hydrogens is 333 g/mol. The summed E-state index contributed by atoms with van der Waals surface area (Å²) in [5.41, 5.74) is 1.05. The quantitative estimate of drug-likeness (QED) is 0.871. The zero-order chi connectivity index (χ0) is 18.3. The lowest BCUT2D eigenvalue weighted by Crippen LogP contribution is -2.55. The number of nitrogens with one attached hydrogen (secondary N) is 1. The van der Waals surface area contributed by atoms with Gasteiger partial charge in [0.25, 0.3) is 0 Å². The van der Waals surface area contributed by atoms with E-state index in [-0.39, 0.29) is 35.5 Å². The monoisotopic (exact) mass is 359 g/mol. The molecular formula is C20H26FN3O2. The van der Waals surface area contributed by atoms with Gasteiger partial charge in [-0.3, -0.25) is 14.5 Å². The molecule has 140 valence electrons. The SMILES string of the molecule is CC(C(=O)NC1CC1)N1CCN(C(=O)C2CC2c2ccc(F)cc2)CC1. The summed E-state index contributed by atoms with van der Waals surface area (Å²) in [6.07, 6.45) is 3.04. The van der Waals surface area contributed by atoms with E-state index in [1.807, 2.05) is 11.8 Å². The number of piperazine rings is 1. The predicted molar refractivity (Wildman–Crippen MR) is 96.0 cm³/mol. The first kappa shape index (κ1) is 17.5. The van der Waals surface area contributed by atoms with Crippen LogP contribution in [0.4, 0.5) is 4.39 Å². The Morgan fingerprint density at radius 1 is 1.12 bits per heavy atom. The van der Waals surface area contributed by atoms with Crippen molar-refractivity contribution in [2.24, 2.45) is 5.92 Å². The van der Waals surface area contributed by atoms with Gasteiger partial charge in [0.2, 0.25) is 11.8 Å². The lowest BCUT2D eigenvalue weighted by atomic mass is 10.1. The average molecular weight is 359 g/mol. The van der Waals surface area contributed by atoms with Crippen molar-refractivity contribution in [1.29, 1.82) is 0 Å². The normalized spacial score (nSPS) is 27.1. The molecule has 1 aliphatic heterocycles. The van der Waals surface area contributed by atoms with E-state index in [0.29, 0.717) is 19.1 Å². The Balaban J connectivity index is 1.26. The van der Waals surface area contributed by atoms with E-state index in [0.717, 1.165) is 37.9 Å². The molecule has 0 radical (unpaired) electrons. The summed E-state index contributed by atoms with van der Waals surface area (Å²) < 4.78 is 13.0. The molecule has 1 aromatic rings. The Bertz CT molecular complexity index is 681.